The Hall–Kier alpha value is -0.160. The molecule has 4 nitrogen and oxygen atoms in total. The lowest BCUT2D eigenvalue weighted by Gasteiger charge is -2.33. The van der Waals surface area contributed by atoms with Crippen LogP contribution >= 0.6 is 0 Å². The van der Waals surface area contributed by atoms with Gasteiger partial charge in [0.25, 0.3) is 0 Å². The van der Waals surface area contributed by atoms with Crippen LogP contribution in [0, 0.1) is 0 Å². The number of aliphatic hydroxyl groups excluding tert-OH is 1. The van der Waals surface area contributed by atoms with Gasteiger partial charge in [0.15, 0.2) is 0 Å². The van der Waals surface area contributed by atoms with Gasteiger partial charge in [-0.3, -0.25) is 0 Å². The van der Waals surface area contributed by atoms with Crippen LogP contribution in [0.3, 0.4) is 0 Å². The fourth-order valence-corrected chi connectivity index (χ4v) is 2.44. The molecular weight excluding hydrogens is 204 g/mol. The van der Waals surface area contributed by atoms with Crippen molar-refractivity contribution in [3.8, 4) is 0 Å². The van der Waals surface area contributed by atoms with E-state index in [9.17, 15) is 10.2 Å². The first kappa shape index (κ1) is 13.9. The zero-order valence-electron chi connectivity index (χ0n) is 10.7. The molecule has 0 radical (unpaired) electrons. The summed E-state index contributed by atoms with van der Waals surface area (Å²) in [6.07, 6.45) is 3.94. The number of hydrogen-bond donors (Lipinski definition) is 3. The normalized spacial score (nSPS) is 30.4. The average Bonchev–Trinajstić information content (AvgIpc) is 2.14. The Bertz CT molecular complexity index is 207. The van der Waals surface area contributed by atoms with E-state index >= 15 is 0 Å². The lowest BCUT2D eigenvalue weighted by molar-refractivity contribution is 0.0190. The summed E-state index contributed by atoms with van der Waals surface area (Å²) in [6, 6.07) is 0.155. The van der Waals surface area contributed by atoms with Gasteiger partial charge >= 0.3 is 0 Å². The van der Waals surface area contributed by atoms with Crippen molar-refractivity contribution in [2.45, 2.75) is 50.4 Å². The lowest BCUT2D eigenvalue weighted by atomic mass is 9.92. The largest absolute Gasteiger partial charge is 0.392 e. The second kappa shape index (κ2) is 5.96. The first-order chi connectivity index (χ1) is 7.41. The number of likely N-dealkylation sites (N-methyl/N-ethyl adjacent to an activating group) is 1. The third-order valence-corrected chi connectivity index (χ3v) is 3.13. The molecule has 0 saturated heterocycles. The lowest BCUT2D eigenvalue weighted by Crippen LogP contribution is -2.51. The maximum atomic E-state index is 10.1. The predicted octanol–water partition coefficient (Wildman–Crippen LogP) is 0.192. The number of aliphatic hydroxyl groups is 2. The van der Waals surface area contributed by atoms with Crippen LogP contribution in [-0.4, -0.2) is 60.0 Å². The predicted molar refractivity (Wildman–Crippen MR) is 65.4 cm³/mol. The topological polar surface area (TPSA) is 55.7 Å². The summed E-state index contributed by atoms with van der Waals surface area (Å²) in [6.45, 7) is 2.99. The summed E-state index contributed by atoms with van der Waals surface area (Å²) in [5, 5.41) is 23.2. The van der Waals surface area contributed by atoms with E-state index in [4.69, 9.17) is 0 Å². The molecule has 1 aliphatic carbocycles. The minimum atomic E-state index is -0.735. The van der Waals surface area contributed by atoms with E-state index < -0.39 is 5.60 Å². The van der Waals surface area contributed by atoms with Gasteiger partial charge in [0.1, 0.15) is 0 Å². The molecule has 0 aromatic carbocycles. The summed E-state index contributed by atoms with van der Waals surface area (Å²) in [4.78, 5) is 1.97. The Balaban J connectivity index is 2.31. The molecule has 16 heavy (non-hydrogen) atoms. The number of nitrogens with one attached hydrogen (secondary N) is 1. The standard InChI is InChI=1S/C12H26N2O2/c1-12(16,9-14(2)3)8-13-10-6-4-5-7-11(10)15/h10-11,13,15-16H,4-9H2,1-3H3. The van der Waals surface area contributed by atoms with Crippen LogP contribution in [-0.2, 0) is 0 Å². The van der Waals surface area contributed by atoms with Crippen molar-refractivity contribution in [2.24, 2.45) is 0 Å². The molecule has 0 aromatic heterocycles. The summed E-state index contributed by atoms with van der Waals surface area (Å²) in [5.74, 6) is 0. The zero-order valence-corrected chi connectivity index (χ0v) is 10.7. The third kappa shape index (κ3) is 4.78. The molecule has 96 valence electrons. The van der Waals surface area contributed by atoms with Crippen LogP contribution in [0.2, 0.25) is 0 Å². The maximum absolute atomic E-state index is 10.1. The Labute approximate surface area is 98.6 Å². The van der Waals surface area contributed by atoms with E-state index in [1.54, 1.807) is 0 Å². The summed E-state index contributed by atoms with van der Waals surface area (Å²) in [7, 11) is 3.90. The van der Waals surface area contributed by atoms with E-state index in [0.29, 0.717) is 13.1 Å². The third-order valence-electron chi connectivity index (χ3n) is 3.13. The minimum Gasteiger partial charge on any atom is -0.392 e. The average molecular weight is 230 g/mol. The minimum absolute atomic E-state index is 0.155. The molecule has 1 fully saturated rings. The van der Waals surface area contributed by atoms with Crippen molar-refractivity contribution in [3.05, 3.63) is 0 Å². The molecule has 1 rings (SSSR count). The summed E-state index contributed by atoms with van der Waals surface area (Å²) >= 11 is 0. The van der Waals surface area contributed by atoms with Gasteiger partial charge in [-0.1, -0.05) is 12.8 Å². The van der Waals surface area contributed by atoms with Crippen molar-refractivity contribution < 1.29 is 10.2 Å². The molecule has 1 aliphatic rings. The summed E-state index contributed by atoms with van der Waals surface area (Å²) in [5.41, 5.74) is -0.735. The highest BCUT2D eigenvalue weighted by atomic mass is 16.3. The molecular formula is C12H26N2O2. The van der Waals surface area contributed by atoms with Crippen molar-refractivity contribution in [2.75, 3.05) is 27.2 Å². The van der Waals surface area contributed by atoms with Gasteiger partial charge in [-0.05, 0) is 33.9 Å². The Kier molecular flexibility index (Phi) is 5.18. The monoisotopic (exact) mass is 230 g/mol. The van der Waals surface area contributed by atoms with E-state index in [1.165, 1.54) is 6.42 Å². The number of rotatable bonds is 5. The van der Waals surface area contributed by atoms with Crippen molar-refractivity contribution in [1.29, 1.82) is 0 Å². The first-order valence-corrected chi connectivity index (χ1v) is 6.19. The van der Waals surface area contributed by atoms with Crippen LogP contribution in [0.25, 0.3) is 0 Å². The van der Waals surface area contributed by atoms with Crippen LogP contribution in [0.4, 0.5) is 0 Å². The molecule has 4 heteroatoms. The second-order valence-corrected chi connectivity index (χ2v) is 5.57. The Morgan fingerprint density at radius 2 is 1.94 bits per heavy atom. The number of hydrogen-bond acceptors (Lipinski definition) is 4. The van der Waals surface area contributed by atoms with Gasteiger partial charge in [0, 0.05) is 19.1 Å². The smallest absolute Gasteiger partial charge is 0.0869 e. The van der Waals surface area contributed by atoms with Crippen molar-refractivity contribution in [3.63, 3.8) is 0 Å². The van der Waals surface area contributed by atoms with Gasteiger partial charge < -0.3 is 20.4 Å². The molecule has 0 aliphatic heterocycles. The number of nitrogens with zero attached hydrogens (tertiary/aromatic N) is 1. The molecule has 3 atom stereocenters. The first-order valence-electron chi connectivity index (χ1n) is 6.19. The molecule has 0 bridgehead atoms. The second-order valence-electron chi connectivity index (χ2n) is 5.57. The highest BCUT2D eigenvalue weighted by Gasteiger charge is 2.27. The van der Waals surface area contributed by atoms with E-state index in [2.05, 4.69) is 5.32 Å². The molecule has 3 unspecified atom stereocenters. The van der Waals surface area contributed by atoms with Crippen LogP contribution in [0.5, 0.6) is 0 Å². The van der Waals surface area contributed by atoms with Gasteiger partial charge in [0.05, 0.1) is 11.7 Å². The van der Waals surface area contributed by atoms with Crippen molar-refractivity contribution >= 4 is 0 Å². The Morgan fingerprint density at radius 1 is 1.31 bits per heavy atom. The maximum Gasteiger partial charge on any atom is 0.0869 e. The molecule has 0 amide bonds. The fraction of sp³-hybridized carbons (Fsp3) is 1.00. The van der Waals surface area contributed by atoms with Gasteiger partial charge in [-0.15, -0.1) is 0 Å². The van der Waals surface area contributed by atoms with Crippen molar-refractivity contribution in [1.82, 2.24) is 10.2 Å². The highest BCUT2D eigenvalue weighted by molar-refractivity contribution is 4.85. The fourth-order valence-electron chi connectivity index (χ4n) is 2.44. The van der Waals surface area contributed by atoms with E-state index in [0.717, 1.165) is 19.3 Å². The Morgan fingerprint density at radius 3 is 2.50 bits per heavy atom. The molecule has 0 spiro atoms. The molecule has 1 saturated carbocycles. The highest BCUT2D eigenvalue weighted by Crippen LogP contribution is 2.18. The summed E-state index contributed by atoms with van der Waals surface area (Å²) < 4.78 is 0. The molecule has 0 heterocycles. The molecule has 0 aromatic rings. The van der Waals surface area contributed by atoms with Gasteiger partial charge in [-0.2, -0.15) is 0 Å². The SMILES string of the molecule is CN(C)CC(C)(O)CNC1CCCCC1O. The van der Waals surface area contributed by atoms with Gasteiger partial charge in [-0.25, -0.2) is 0 Å². The van der Waals surface area contributed by atoms with E-state index in [-0.39, 0.29) is 12.1 Å². The van der Waals surface area contributed by atoms with E-state index in [1.807, 2.05) is 25.9 Å². The van der Waals surface area contributed by atoms with Gasteiger partial charge in [0.2, 0.25) is 0 Å². The van der Waals surface area contributed by atoms with Crippen LogP contribution in [0.1, 0.15) is 32.6 Å². The van der Waals surface area contributed by atoms with Crippen LogP contribution < -0.4 is 5.32 Å². The van der Waals surface area contributed by atoms with Crippen LogP contribution in [0.15, 0.2) is 0 Å². The molecule has 3 N–H and O–H groups in total. The quantitative estimate of drug-likeness (QED) is 0.631. The zero-order chi connectivity index (χ0) is 12.2.